The fourth-order valence-electron chi connectivity index (χ4n) is 6.86. The van der Waals surface area contributed by atoms with Crippen LogP contribution >= 0.6 is 0 Å². The van der Waals surface area contributed by atoms with Gasteiger partial charge in [0.2, 0.25) is 0 Å². The summed E-state index contributed by atoms with van der Waals surface area (Å²) in [4.78, 5) is 51.8. The summed E-state index contributed by atoms with van der Waals surface area (Å²) in [6.45, 7) is 12.2. The van der Waals surface area contributed by atoms with Crippen LogP contribution in [0.3, 0.4) is 0 Å². The van der Waals surface area contributed by atoms with Crippen LogP contribution in [0.1, 0.15) is 74.7 Å². The molecule has 0 saturated heterocycles. The van der Waals surface area contributed by atoms with E-state index in [-0.39, 0.29) is 28.7 Å². The molecule has 0 saturated carbocycles. The number of aromatic hydroxyl groups is 3. The second kappa shape index (κ2) is 15.4. The first-order chi connectivity index (χ1) is 24.3. The number of phenolic OH excluding ortho intramolecular Hbond substituents is 3. The van der Waals surface area contributed by atoms with Crippen LogP contribution in [-0.2, 0) is 23.8 Å². The monoisotopic (exact) mass is 725 g/mol. The van der Waals surface area contributed by atoms with E-state index in [1.807, 2.05) is 0 Å². The van der Waals surface area contributed by atoms with E-state index < -0.39 is 111 Å². The highest BCUT2D eigenvalue weighted by Crippen LogP contribution is 2.55. The van der Waals surface area contributed by atoms with Crippen LogP contribution in [0.4, 0.5) is 5.69 Å². The zero-order valence-electron chi connectivity index (χ0n) is 30.6. The lowest BCUT2D eigenvalue weighted by atomic mass is 9.78. The molecule has 52 heavy (non-hydrogen) atoms. The number of ether oxygens (including phenoxy) is 4. The number of hydrogen-bond acceptors (Lipinski definition) is 13. The predicted octanol–water partition coefficient (Wildman–Crippen LogP) is 4.57. The number of amides is 1. The molecule has 3 aliphatic heterocycles. The van der Waals surface area contributed by atoms with Gasteiger partial charge in [0.05, 0.1) is 46.8 Å². The Morgan fingerprint density at radius 2 is 1.60 bits per heavy atom. The molecule has 0 unspecified atom stereocenters. The molecule has 3 aliphatic rings. The highest BCUT2D eigenvalue weighted by atomic mass is 16.7. The van der Waals surface area contributed by atoms with E-state index in [1.54, 1.807) is 33.8 Å². The molecule has 1 amide bonds. The quantitative estimate of drug-likeness (QED) is 0.111. The molecule has 282 valence electrons. The third kappa shape index (κ3) is 7.10. The maximum absolute atomic E-state index is 14.0. The molecular formula is C38H47NO13. The van der Waals surface area contributed by atoms with Gasteiger partial charge in [-0.05, 0) is 19.9 Å². The number of rotatable bonds is 3. The maximum atomic E-state index is 14.0. The summed E-state index contributed by atoms with van der Waals surface area (Å²) in [6.07, 6.45) is 3.41. The number of aliphatic hydroxyl groups excluding tert-OH is 2. The first-order valence-electron chi connectivity index (χ1n) is 16.9. The lowest BCUT2D eigenvalue weighted by molar-refractivity contribution is -0.160. The Hall–Kier alpha value is -4.92. The molecule has 5 rings (SSSR count). The van der Waals surface area contributed by atoms with Crippen molar-refractivity contribution in [2.24, 2.45) is 23.7 Å². The van der Waals surface area contributed by atoms with Gasteiger partial charge in [0, 0.05) is 61.2 Å². The van der Waals surface area contributed by atoms with Crippen LogP contribution in [0.25, 0.3) is 10.8 Å². The van der Waals surface area contributed by atoms with E-state index in [2.05, 4.69) is 5.32 Å². The number of allylic oxidation sites excluding steroid dienone is 2. The van der Waals surface area contributed by atoms with Gasteiger partial charge in [-0.15, -0.1) is 0 Å². The molecule has 0 aromatic heterocycles. The third-order valence-corrected chi connectivity index (χ3v) is 10.2. The van der Waals surface area contributed by atoms with Crippen molar-refractivity contribution in [1.29, 1.82) is 0 Å². The number of methoxy groups -OCH3 is 1. The number of aliphatic hydroxyl groups is 2. The van der Waals surface area contributed by atoms with Crippen LogP contribution in [0, 0.1) is 30.6 Å². The standard InChI is InChI=1S/C38H47NO13/c1-16-11-10-12-17(2)37(48)39-28-23(15-40)32(45)25-26(33(28)46)31(44)21(6)35-27(25)36(47)38(8,52-35)50-14-13-24(49-9)18(3)34(51-22(7)41)20(5)30(43)19(4)29(16)42/h10-16,18-20,24,29-30,34,42-46H,1-9H3,(H,39,48)/b11-10+,14-13+,17-12-/t16-,18+,19+,20+,24-,29-,30-,34+,38-/m0/s1. The highest BCUT2D eigenvalue weighted by molar-refractivity contribution is 6.23. The van der Waals surface area contributed by atoms with Crippen molar-refractivity contribution >= 4 is 40.4 Å². The molecule has 2 aromatic rings. The van der Waals surface area contributed by atoms with Crippen molar-refractivity contribution in [2.75, 3.05) is 12.4 Å². The van der Waals surface area contributed by atoms with Crippen molar-refractivity contribution < 1.29 is 63.7 Å². The van der Waals surface area contributed by atoms with Gasteiger partial charge in [0.25, 0.3) is 11.7 Å². The molecule has 6 N–H and O–H groups in total. The summed E-state index contributed by atoms with van der Waals surface area (Å²) in [5.74, 6) is -9.19. The zero-order chi connectivity index (χ0) is 39.0. The number of nitrogens with one attached hydrogen (secondary N) is 1. The fraction of sp³-hybridized carbons (Fsp3) is 0.474. The van der Waals surface area contributed by atoms with Crippen molar-refractivity contribution in [3.8, 4) is 23.0 Å². The van der Waals surface area contributed by atoms with E-state index in [0.717, 1.165) is 6.26 Å². The number of aldehydes is 1. The average molecular weight is 726 g/mol. The second-order valence-corrected chi connectivity index (χ2v) is 13.7. The summed E-state index contributed by atoms with van der Waals surface area (Å²) in [5, 5.41) is 58.2. The number of carbonyl (C=O) groups is 4. The first kappa shape index (κ1) is 39.9. The van der Waals surface area contributed by atoms with Crippen molar-refractivity contribution in [1.82, 2.24) is 0 Å². The van der Waals surface area contributed by atoms with Crippen LogP contribution < -0.4 is 10.1 Å². The minimum Gasteiger partial charge on any atom is -0.507 e. The van der Waals surface area contributed by atoms with Crippen LogP contribution in [0.2, 0.25) is 0 Å². The molecule has 0 spiro atoms. The molecule has 14 nitrogen and oxygen atoms in total. The van der Waals surface area contributed by atoms with E-state index in [1.165, 1.54) is 53.0 Å². The number of hydrogen-bond donors (Lipinski definition) is 6. The van der Waals surface area contributed by atoms with Gasteiger partial charge in [0.15, 0.2) is 12.0 Å². The van der Waals surface area contributed by atoms with Crippen molar-refractivity contribution in [3.63, 3.8) is 0 Å². The predicted molar refractivity (Wildman–Crippen MR) is 189 cm³/mol. The van der Waals surface area contributed by atoms with Gasteiger partial charge in [-0.3, -0.25) is 19.2 Å². The van der Waals surface area contributed by atoms with Gasteiger partial charge in [-0.25, -0.2) is 0 Å². The third-order valence-electron chi connectivity index (χ3n) is 10.2. The number of carbonyl (C=O) groups excluding carboxylic acids is 4. The lowest BCUT2D eigenvalue weighted by Gasteiger charge is -2.38. The Morgan fingerprint density at radius 3 is 2.19 bits per heavy atom. The average Bonchev–Trinajstić information content (AvgIpc) is 3.36. The highest BCUT2D eigenvalue weighted by Gasteiger charge is 2.50. The summed E-state index contributed by atoms with van der Waals surface area (Å²) in [7, 11) is 1.41. The number of esters is 1. The molecule has 9 atom stereocenters. The molecule has 5 bridgehead atoms. The Kier molecular flexibility index (Phi) is 11.8. The van der Waals surface area contributed by atoms with E-state index >= 15 is 0 Å². The van der Waals surface area contributed by atoms with Gasteiger partial charge in [-0.1, -0.05) is 45.9 Å². The van der Waals surface area contributed by atoms with Crippen LogP contribution in [-0.4, -0.2) is 86.8 Å². The van der Waals surface area contributed by atoms with E-state index in [9.17, 15) is 44.7 Å². The molecule has 0 fully saturated rings. The second-order valence-electron chi connectivity index (χ2n) is 13.7. The molecule has 14 heteroatoms. The Bertz CT molecular complexity index is 1860. The summed E-state index contributed by atoms with van der Waals surface area (Å²) < 4.78 is 23.1. The fourth-order valence-corrected chi connectivity index (χ4v) is 6.86. The molecule has 2 aromatic carbocycles. The zero-order valence-corrected chi connectivity index (χ0v) is 30.6. The number of fused-ring (bicyclic) bond motifs is 14. The minimum absolute atomic E-state index is 0.00425. The molecule has 0 radical (unpaired) electrons. The molecule has 3 heterocycles. The Balaban J connectivity index is 1.93. The molecule has 0 aliphatic carbocycles. The van der Waals surface area contributed by atoms with Crippen LogP contribution in [0.5, 0.6) is 23.0 Å². The summed E-state index contributed by atoms with van der Waals surface area (Å²) in [6, 6.07) is 0. The first-order valence-corrected chi connectivity index (χ1v) is 16.9. The Labute approximate surface area is 301 Å². The number of anilines is 1. The summed E-state index contributed by atoms with van der Waals surface area (Å²) >= 11 is 0. The van der Waals surface area contributed by atoms with Crippen molar-refractivity contribution in [3.05, 3.63) is 52.8 Å². The molecular weight excluding hydrogens is 678 g/mol. The largest absolute Gasteiger partial charge is 0.507 e. The number of benzene rings is 2. The topological polar surface area (TPSA) is 218 Å². The van der Waals surface area contributed by atoms with Crippen molar-refractivity contribution in [2.45, 2.75) is 85.6 Å². The summed E-state index contributed by atoms with van der Waals surface area (Å²) in [5.41, 5.74) is -1.27. The minimum atomic E-state index is -2.08. The van der Waals surface area contributed by atoms with E-state index in [0.29, 0.717) is 0 Å². The van der Waals surface area contributed by atoms with Gasteiger partial charge in [0.1, 0.15) is 23.4 Å². The normalized spacial score (nSPS) is 32.3. The van der Waals surface area contributed by atoms with E-state index in [4.69, 9.17) is 18.9 Å². The number of phenols is 3. The SMILES string of the molecule is CO[C@H]1/C=C/O[C@@]2(C)Oc3c(C)c(O)c4c(O)c(c(C=O)c(O)c4c3C2=O)NC(=O)/C(C)=C\C=C\[C@H](C)[C@H](O)[C@@H](C)[C@H](O)[C@@H](C)[C@H](OC(C)=O)[C@@H]1C. The maximum Gasteiger partial charge on any atom is 0.312 e. The van der Waals surface area contributed by atoms with Gasteiger partial charge >= 0.3 is 11.8 Å². The number of Topliss-reactive ketones (excluding diaryl/α,β-unsaturated/α-hetero) is 1. The number of ketones is 1. The smallest absolute Gasteiger partial charge is 0.312 e. The van der Waals surface area contributed by atoms with Gasteiger partial charge < -0.3 is 49.8 Å². The van der Waals surface area contributed by atoms with Gasteiger partial charge in [-0.2, -0.15) is 0 Å². The lowest BCUT2D eigenvalue weighted by Crippen LogP contribution is -2.46. The van der Waals surface area contributed by atoms with Crippen LogP contribution in [0.15, 0.2) is 36.1 Å². The Morgan fingerprint density at radius 1 is 0.942 bits per heavy atom.